The predicted molar refractivity (Wildman–Crippen MR) is 344 cm³/mol. The second-order valence-corrected chi connectivity index (χ2v) is 23.9. The zero-order valence-corrected chi connectivity index (χ0v) is 53.3. The van der Waals surface area contributed by atoms with Crippen molar-refractivity contribution < 1.29 is 72.9 Å². The molecule has 0 saturated carbocycles. The number of carbonyl (C=O) groups excluding carboxylic acids is 12. The summed E-state index contributed by atoms with van der Waals surface area (Å²) in [7, 11) is 1.55. The van der Waals surface area contributed by atoms with Crippen molar-refractivity contribution in [2.24, 2.45) is 23.1 Å². The number of rotatable bonds is 34. The Morgan fingerprint density at radius 2 is 1.24 bits per heavy atom. The van der Waals surface area contributed by atoms with E-state index in [1.165, 1.54) is 29.2 Å². The van der Waals surface area contributed by atoms with Gasteiger partial charge in [0.15, 0.2) is 5.96 Å². The number of carbonyl (C=O) groups is 12. The van der Waals surface area contributed by atoms with Crippen LogP contribution in [0.4, 0.5) is 0 Å². The number of guanidine groups is 1. The fraction of sp³-hybridized carbons (Fsp3) is 0.476. The molecule has 95 heavy (non-hydrogen) atoms. The van der Waals surface area contributed by atoms with Gasteiger partial charge in [-0.05, 0) is 73.4 Å². The number of aliphatic hydroxyl groups excluding tert-OH is 2. The minimum atomic E-state index is -1.90. The number of aromatic amines is 1. The van der Waals surface area contributed by atoms with Gasteiger partial charge in [0.1, 0.15) is 60.1 Å². The van der Waals surface area contributed by atoms with Crippen LogP contribution >= 0.6 is 0 Å². The third-order valence-corrected chi connectivity index (χ3v) is 16.1. The van der Waals surface area contributed by atoms with Crippen LogP contribution in [0.2, 0.25) is 0 Å². The lowest BCUT2D eigenvalue weighted by molar-refractivity contribution is -0.151. The maximum atomic E-state index is 14.7. The molecular formula is C63H87N17O15. The molecule has 32 heteroatoms. The van der Waals surface area contributed by atoms with Crippen LogP contribution in [-0.4, -0.2) is 213 Å². The maximum Gasteiger partial charge on any atom is 0.246 e. The van der Waals surface area contributed by atoms with Gasteiger partial charge in [0, 0.05) is 69.5 Å². The molecule has 0 aliphatic carbocycles. The Hall–Kier alpha value is -10.2. The average molecular weight is 1320 g/mol. The fourth-order valence-corrected chi connectivity index (χ4v) is 11.0. The molecule has 6 rings (SSSR count). The van der Waals surface area contributed by atoms with Crippen molar-refractivity contribution in [3.8, 4) is 5.75 Å². The number of para-hydroxylation sites is 1. The Morgan fingerprint density at radius 3 is 1.86 bits per heavy atom. The van der Waals surface area contributed by atoms with E-state index in [1.807, 2.05) is 24.3 Å². The first-order chi connectivity index (χ1) is 45.2. The number of amides is 12. The summed E-state index contributed by atoms with van der Waals surface area (Å²) >= 11 is 0. The van der Waals surface area contributed by atoms with Gasteiger partial charge < -0.3 is 100 Å². The van der Waals surface area contributed by atoms with Crippen LogP contribution < -0.4 is 70.4 Å². The van der Waals surface area contributed by atoms with Crippen LogP contribution in [0.15, 0.2) is 85.1 Å². The molecule has 0 unspecified atom stereocenters. The van der Waals surface area contributed by atoms with Crippen LogP contribution in [0.3, 0.4) is 0 Å². The number of phenolic OH excluding ortho intramolecular Hbond substituents is 1. The zero-order chi connectivity index (χ0) is 69.6. The van der Waals surface area contributed by atoms with E-state index in [0.717, 1.165) is 22.7 Å². The number of phenols is 1. The van der Waals surface area contributed by atoms with Crippen molar-refractivity contribution >= 4 is 87.7 Å². The third-order valence-electron chi connectivity index (χ3n) is 16.1. The Labute approximate surface area is 547 Å². The van der Waals surface area contributed by atoms with Gasteiger partial charge in [0.2, 0.25) is 70.9 Å². The first-order valence-corrected chi connectivity index (χ1v) is 31.2. The molecule has 3 aromatic carbocycles. The molecule has 0 radical (unpaired) electrons. The van der Waals surface area contributed by atoms with E-state index in [9.17, 15) is 72.9 Å². The summed E-state index contributed by atoms with van der Waals surface area (Å²) in [4.78, 5) is 170. The van der Waals surface area contributed by atoms with Crippen molar-refractivity contribution in [3.05, 3.63) is 102 Å². The average Bonchev–Trinajstić information content (AvgIpc) is 1.18. The largest absolute Gasteiger partial charge is 0.508 e. The molecule has 2 fully saturated rings. The van der Waals surface area contributed by atoms with Gasteiger partial charge in [-0.3, -0.25) is 62.9 Å². The van der Waals surface area contributed by atoms with Crippen LogP contribution in [0, 0.1) is 11.3 Å². The predicted octanol–water partition coefficient (Wildman–Crippen LogP) is -4.76. The Morgan fingerprint density at radius 1 is 0.653 bits per heavy atom. The van der Waals surface area contributed by atoms with Gasteiger partial charge >= 0.3 is 0 Å². The third kappa shape index (κ3) is 21.7. The Balaban J connectivity index is 1.16. The van der Waals surface area contributed by atoms with Crippen LogP contribution in [0.1, 0.15) is 76.0 Å². The van der Waals surface area contributed by atoms with Gasteiger partial charge in [-0.2, -0.15) is 0 Å². The summed E-state index contributed by atoms with van der Waals surface area (Å²) in [6, 6.07) is 8.20. The summed E-state index contributed by atoms with van der Waals surface area (Å²) in [5, 5.41) is 66.2. The first-order valence-electron chi connectivity index (χ1n) is 31.2. The lowest BCUT2D eigenvalue weighted by Crippen LogP contribution is -2.66. The van der Waals surface area contributed by atoms with Crippen molar-refractivity contribution in [2.75, 3.05) is 39.8 Å². The number of benzene rings is 3. The van der Waals surface area contributed by atoms with Gasteiger partial charge in [0.05, 0.1) is 31.7 Å². The van der Waals surface area contributed by atoms with E-state index >= 15 is 0 Å². The quantitative estimate of drug-likeness (QED) is 0.0119. The van der Waals surface area contributed by atoms with Crippen molar-refractivity contribution in [1.82, 2.24) is 68.0 Å². The van der Waals surface area contributed by atoms with Crippen LogP contribution in [0.25, 0.3) is 10.9 Å². The number of nitrogens with two attached hydrogens (primary N) is 3. The SMILES string of the molecule is CNC(=N)NCCC[C@H](NC(=O)[C@H](CC(C)C)NC(=O)[C@@H]1CCN1C(=O)[C@H](Cc1ccccc1)NC(=O)[C@@H](NC(=O)[C@H](CC(N)=O)NC(=O)[C@@H]1C[C@@H](O)CN1C(=O)[C@@H](Cc1ccc(O)cc1)NC(=O)CNC(=O)CN)[C@@H](C)O)C(=O)N[C@@H](Cc1c[nH]c2ccccc12)C(N)=O. The number of likely N-dealkylation sites (tertiary alicyclic amines) is 2. The molecule has 2 saturated heterocycles. The van der Waals surface area contributed by atoms with E-state index < -0.39 is 170 Å². The molecule has 21 N–H and O–H groups in total. The number of nitrogens with one attached hydrogen (secondary N) is 12. The second kappa shape index (κ2) is 35.2. The van der Waals surface area contributed by atoms with Crippen molar-refractivity contribution in [1.29, 1.82) is 5.41 Å². The molecule has 11 atom stereocenters. The zero-order valence-electron chi connectivity index (χ0n) is 53.3. The number of fused-ring (bicyclic) bond motifs is 1. The number of hydrogen-bond acceptors (Lipinski definition) is 17. The maximum absolute atomic E-state index is 14.7. The highest BCUT2D eigenvalue weighted by Gasteiger charge is 2.45. The number of aromatic hydroxyl groups is 1. The number of nitrogens with zero attached hydrogens (tertiary/aromatic N) is 2. The lowest BCUT2D eigenvalue weighted by atomic mass is 9.96. The first kappa shape index (κ1) is 73.8. The van der Waals surface area contributed by atoms with Gasteiger partial charge in [-0.1, -0.05) is 74.5 Å². The number of β-amino-alcohol motifs (C(OH)–C–C–N with tert-alkyl or cyclic N) is 1. The monoisotopic (exact) mass is 1320 g/mol. The minimum absolute atomic E-state index is 0.00863. The highest BCUT2D eigenvalue weighted by molar-refractivity contribution is 6.00. The standard InChI is InChI=1S/C63H87N17O15/c1-33(2)23-44(56(89)73-42(15-10-21-69-63(67)68-4)55(88)74-43(54(66)87)26-37-30-70-41-14-9-8-13-40(37)41)75-58(91)48-20-22-79(48)61(94)47(24-35-11-6-5-7-12-35)77-60(93)53(34(3)81)78-57(90)45(28-50(65)84)76-59(92)49-27-39(83)32-80(49)62(95)46(25-36-16-18-38(82)19-17-36)72-52(86)31-71-51(85)29-64/h5-9,11-14,16-19,30,33-34,39,42-49,53,70,81-83H,10,15,20-29,31-32,64H2,1-4H3,(H2,65,84)(H2,66,87)(H,71,85)(H,72,86)(H,73,89)(H,74,88)(H,75,91)(H,76,92)(H,77,93)(H,78,90)(H3,67,68,69)/t34-,39-,42+,43+,44+,45+,46-,47+,48+,49+,53+/m1/s1. The van der Waals surface area contributed by atoms with Crippen LogP contribution in [-0.2, 0) is 76.8 Å². The van der Waals surface area contributed by atoms with E-state index in [2.05, 4.69) is 58.2 Å². The van der Waals surface area contributed by atoms with Crippen molar-refractivity contribution in [2.45, 2.75) is 145 Å². The van der Waals surface area contributed by atoms with Gasteiger partial charge in [-0.15, -0.1) is 0 Å². The molecule has 32 nitrogen and oxygen atoms in total. The Kier molecular flexibility index (Phi) is 27.3. The van der Waals surface area contributed by atoms with E-state index in [1.54, 1.807) is 57.4 Å². The Bertz CT molecular complexity index is 3400. The molecule has 514 valence electrons. The summed E-state index contributed by atoms with van der Waals surface area (Å²) in [6.07, 6.45) is -2.54. The summed E-state index contributed by atoms with van der Waals surface area (Å²) in [6.45, 7) is 3.50. The summed E-state index contributed by atoms with van der Waals surface area (Å²) in [5.74, 6) is -11.1. The number of H-pyrrole nitrogens is 1. The highest BCUT2D eigenvalue weighted by Crippen LogP contribution is 2.25. The van der Waals surface area contributed by atoms with E-state index in [-0.39, 0.29) is 75.7 Å². The lowest BCUT2D eigenvalue weighted by Gasteiger charge is -2.42. The summed E-state index contributed by atoms with van der Waals surface area (Å²) in [5.41, 5.74) is 19.2. The molecule has 2 aliphatic rings. The number of hydrogen-bond donors (Lipinski definition) is 18. The van der Waals surface area contributed by atoms with Crippen molar-refractivity contribution in [3.63, 3.8) is 0 Å². The fourth-order valence-electron chi connectivity index (χ4n) is 11.0. The molecule has 12 amide bonds. The molecule has 2 aliphatic heterocycles. The number of primary amides is 2. The second-order valence-electron chi connectivity index (χ2n) is 23.9. The molecule has 0 bridgehead atoms. The molecule has 1 aromatic heterocycles. The number of aromatic nitrogens is 1. The minimum Gasteiger partial charge on any atom is -0.508 e. The van der Waals surface area contributed by atoms with E-state index in [0.29, 0.717) is 16.7 Å². The molecule has 0 spiro atoms. The number of aliphatic hydroxyl groups is 2. The normalized spacial score (nSPS) is 17.5. The van der Waals surface area contributed by atoms with Gasteiger partial charge in [0.25, 0.3) is 0 Å². The molecular weight excluding hydrogens is 1230 g/mol. The highest BCUT2D eigenvalue weighted by atomic mass is 16.3. The van der Waals surface area contributed by atoms with Gasteiger partial charge in [-0.25, -0.2) is 0 Å². The van der Waals surface area contributed by atoms with Crippen LogP contribution in [0.5, 0.6) is 5.75 Å². The summed E-state index contributed by atoms with van der Waals surface area (Å²) < 4.78 is 0. The van der Waals surface area contributed by atoms with E-state index in [4.69, 9.17) is 22.6 Å². The molecule has 3 heterocycles. The smallest absolute Gasteiger partial charge is 0.246 e. The topological polar surface area (TPSA) is 510 Å². The molecule has 4 aromatic rings.